The molecule has 94 valence electrons. The number of hydrogen-bond donors (Lipinski definition) is 0. The van der Waals surface area contributed by atoms with Gasteiger partial charge in [0.2, 0.25) is 11.8 Å². The number of rotatable bonds is 2. The van der Waals surface area contributed by atoms with E-state index < -0.39 is 0 Å². The molecule has 17 heavy (non-hydrogen) atoms. The van der Waals surface area contributed by atoms with Crippen molar-refractivity contribution in [1.82, 2.24) is 9.80 Å². The van der Waals surface area contributed by atoms with Crippen molar-refractivity contribution in [2.45, 2.75) is 32.1 Å². The zero-order chi connectivity index (χ0) is 11.8. The van der Waals surface area contributed by atoms with Crippen molar-refractivity contribution >= 4 is 11.8 Å². The van der Waals surface area contributed by atoms with Gasteiger partial charge in [-0.15, -0.1) is 0 Å². The maximum absolute atomic E-state index is 12.2. The molecule has 4 nitrogen and oxygen atoms in total. The number of likely N-dealkylation sites (tertiary alicyclic amines) is 2. The van der Waals surface area contributed by atoms with Crippen LogP contribution in [0.3, 0.4) is 0 Å². The number of amides is 2. The van der Waals surface area contributed by atoms with Crippen molar-refractivity contribution in [1.29, 1.82) is 0 Å². The van der Waals surface area contributed by atoms with Crippen LogP contribution in [0.25, 0.3) is 0 Å². The number of carbonyl (C=O) groups excluding carboxylic acids is 2. The quantitative estimate of drug-likeness (QED) is 0.713. The van der Waals surface area contributed by atoms with Crippen LogP contribution in [-0.2, 0) is 9.59 Å². The van der Waals surface area contributed by atoms with E-state index in [1.807, 2.05) is 9.80 Å². The lowest BCUT2D eigenvalue weighted by Crippen LogP contribution is -2.36. The van der Waals surface area contributed by atoms with Gasteiger partial charge in [0.1, 0.15) is 0 Å². The van der Waals surface area contributed by atoms with Gasteiger partial charge in [0.05, 0.1) is 5.92 Å². The highest BCUT2D eigenvalue weighted by Gasteiger charge is 2.39. The van der Waals surface area contributed by atoms with Gasteiger partial charge in [0, 0.05) is 32.1 Å². The number of carbonyl (C=O) groups is 2. The molecule has 4 heteroatoms. The summed E-state index contributed by atoms with van der Waals surface area (Å²) < 4.78 is 0. The summed E-state index contributed by atoms with van der Waals surface area (Å²) in [4.78, 5) is 28.0. The molecule has 0 N–H and O–H groups in total. The molecule has 2 amide bonds. The average molecular weight is 236 g/mol. The van der Waals surface area contributed by atoms with E-state index >= 15 is 0 Å². The van der Waals surface area contributed by atoms with E-state index in [9.17, 15) is 9.59 Å². The molecule has 0 aromatic carbocycles. The summed E-state index contributed by atoms with van der Waals surface area (Å²) in [6.45, 7) is 3.31. The summed E-state index contributed by atoms with van der Waals surface area (Å²) in [6.07, 6.45) is 5.26. The molecule has 3 fully saturated rings. The van der Waals surface area contributed by atoms with Gasteiger partial charge in [0.15, 0.2) is 0 Å². The third-order valence-corrected chi connectivity index (χ3v) is 4.19. The van der Waals surface area contributed by atoms with Gasteiger partial charge in [-0.1, -0.05) is 0 Å². The summed E-state index contributed by atoms with van der Waals surface area (Å²) >= 11 is 0. The van der Waals surface area contributed by atoms with Crippen LogP contribution in [0.1, 0.15) is 32.1 Å². The molecular formula is C13H20N2O2. The first-order valence-electron chi connectivity index (χ1n) is 6.83. The van der Waals surface area contributed by atoms with E-state index in [2.05, 4.69) is 0 Å². The Morgan fingerprint density at radius 3 is 2.06 bits per heavy atom. The zero-order valence-corrected chi connectivity index (χ0v) is 10.2. The van der Waals surface area contributed by atoms with E-state index in [4.69, 9.17) is 0 Å². The summed E-state index contributed by atoms with van der Waals surface area (Å²) in [7, 11) is 0. The van der Waals surface area contributed by atoms with Crippen molar-refractivity contribution in [2.75, 3.05) is 26.2 Å². The molecule has 0 spiro atoms. The van der Waals surface area contributed by atoms with E-state index in [-0.39, 0.29) is 17.7 Å². The minimum Gasteiger partial charge on any atom is -0.342 e. The molecule has 1 saturated carbocycles. The Labute approximate surface area is 102 Å². The van der Waals surface area contributed by atoms with Crippen molar-refractivity contribution < 1.29 is 9.59 Å². The monoisotopic (exact) mass is 236 g/mol. The molecule has 3 aliphatic rings. The predicted octanol–water partition coefficient (Wildman–Crippen LogP) is 0.867. The average Bonchev–Trinajstić information content (AvgIpc) is 2.86. The molecule has 1 unspecified atom stereocenters. The minimum atomic E-state index is 0.0794. The normalized spacial score (nSPS) is 28.8. The fourth-order valence-electron chi connectivity index (χ4n) is 2.95. The first kappa shape index (κ1) is 11.1. The van der Waals surface area contributed by atoms with Crippen LogP contribution in [0.4, 0.5) is 0 Å². The maximum Gasteiger partial charge on any atom is 0.227 e. The van der Waals surface area contributed by atoms with Crippen LogP contribution in [-0.4, -0.2) is 47.8 Å². The lowest BCUT2D eigenvalue weighted by Gasteiger charge is -2.20. The molecule has 2 saturated heterocycles. The molecule has 2 heterocycles. The molecule has 1 atom stereocenters. The summed E-state index contributed by atoms with van der Waals surface area (Å²) in [6, 6.07) is 0. The Hall–Kier alpha value is -1.06. The molecular weight excluding hydrogens is 216 g/mol. The smallest absolute Gasteiger partial charge is 0.227 e. The van der Waals surface area contributed by atoms with Crippen LogP contribution in [0.15, 0.2) is 0 Å². The third kappa shape index (κ3) is 2.17. The van der Waals surface area contributed by atoms with E-state index in [0.717, 1.165) is 51.7 Å². The lowest BCUT2D eigenvalue weighted by atomic mass is 10.1. The van der Waals surface area contributed by atoms with Crippen LogP contribution >= 0.6 is 0 Å². The highest BCUT2D eigenvalue weighted by Crippen LogP contribution is 2.33. The van der Waals surface area contributed by atoms with Crippen molar-refractivity contribution in [3.05, 3.63) is 0 Å². The van der Waals surface area contributed by atoms with E-state index in [1.54, 1.807) is 0 Å². The minimum absolute atomic E-state index is 0.0794. The van der Waals surface area contributed by atoms with Gasteiger partial charge in [-0.3, -0.25) is 9.59 Å². The van der Waals surface area contributed by atoms with Gasteiger partial charge in [-0.2, -0.15) is 0 Å². The highest BCUT2D eigenvalue weighted by molar-refractivity contribution is 5.84. The first-order valence-corrected chi connectivity index (χ1v) is 6.83. The van der Waals surface area contributed by atoms with Crippen LogP contribution in [0.2, 0.25) is 0 Å². The standard InChI is InChI=1S/C13H20N2O2/c16-12(10-3-4-10)15-8-5-11(9-15)13(17)14-6-1-2-7-14/h10-11H,1-9H2. The Bertz CT molecular complexity index is 332. The highest BCUT2D eigenvalue weighted by atomic mass is 16.2. The Balaban J connectivity index is 1.55. The molecule has 0 aromatic rings. The molecule has 1 aliphatic carbocycles. The van der Waals surface area contributed by atoms with Crippen LogP contribution in [0, 0.1) is 11.8 Å². The Morgan fingerprint density at radius 1 is 0.765 bits per heavy atom. The Morgan fingerprint density at radius 2 is 1.41 bits per heavy atom. The third-order valence-electron chi connectivity index (χ3n) is 4.19. The summed E-state index contributed by atoms with van der Waals surface area (Å²) in [5.74, 6) is 0.946. The van der Waals surface area contributed by atoms with Crippen molar-refractivity contribution in [3.63, 3.8) is 0 Å². The largest absolute Gasteiger partial charge is 0.342 e. The second kappa shape index (κ2) is 4.31. The second-order valence-corrected chi connectivity index (χ2v) is 5.58. The summed E-state index contributed by atoms with van der Waals surface area (Å²) in [5, 5.41) is 0. The lowest BCUT2D eigenvalue weighted by molar-refractivity contribution is -0.135. The molecule has 2 aliphatic heterocycles. The predicted molar refractivity (Wildman–Crippen MR) is 63.2 cm³/mol. The SMILES string of the molecule is O=C(C1CCN(C(=O)C2CC2)C1)N1CCCC1. The molecule has 0 aromatic heterocycles. The van der Waals surface area contributed by atoms with Gasteiger partial charge in [-0.25, -0.2) is 0 Å². The van der Waals surface area contributed by atoms with Gasteiger partial charge >= 0.3 is 0 Å². The summed E-state index contributed by atoms with van der Waals surface area (Å²) in [5.41, 5.74) is 0. The van der Waals surface area contributed by atoms with E-state index in [1.165, 1.54) is 0 Å². The first-order chi connectivity index (χ1) is 8.25. The van der Waals surface area contributed by atoms with Crippen LogP contribution < -0.4 is 0 Å². The van der Waals surface area contributed by atoms with Gasteiger partial charge in [0.25, 0.3) is 0 Å². The molecule has 0 bridgehead atoms. The zero-order valence-electron chi connectivity index (χ0n) is 10.2. The van der Waals surface area contributed by atoms with Gasteiger partial charge < -0.3 is 9.80 Å². The molecule has 0 radical (unpaired) electrons. The molecule has 3 rings (SSSR count). The second-order valence-electron chi connectivity index (χ2n) is 5.58. The number of hydrogen-bond acceptors (Lipinski definition) is 2. The topological polar surface area (TPSA) is 40.6 Å². The van der Waals surface area contributed by atoms with Gasteiger partial charge in [-0.05, 0) is 32.1 Å². The fourth-order valence-corrected chi connectivity index (χ4v) is 2.95. The Kier molecular flexibility index (Phi) is 2.81. The van der Waals surface area contributed by atoms with Crippen molar-refractivity contribution in [3.8, 4) is 0 Å². The van der Waals surface area contributed by atoms with Crippen LogP contribution in [0.5, 0.6) is 0 Å². The van der Waals surface area contributed by atoms with E-state index in [0.29, 0.717) is 12.5 Å². The van der Waals surface area contributed by atoms with Crippen molar-refractivity contribution in [2.24, 2.45) is 11.8 Å². The number of nitrogens with zero attached hydrogens (tertiary/aromatic N) is 2. The fraction of sp³-hybridized carbons (Fsp3) is 0.846. The maximum atomic E-state index is 12.2.